The number of thiazole rings is 1. The van der Waals surface area contributed by atoms with Gasteiger partial charge in [0, 0.05) is 24.4 Å². The zero-order chi connectivity index (χ0) is 18.6. The van der Waals surface area contributed by atoms with E-state index in [-0.39, 0.29) is 17.7 Å². The van der Waals surface area contributed by atoms with Crippen LogP contribution < -0.4 is 10.6 Å². The summed E-state index contributed by atoms with van der Waals surface area (Å²) in [4.78, 5) is 28.8. The molecule has 1 heterocycles. The van der Waals surface area contributed by atoms with E-state index in [1.807, 2.05) is 26.0 Å². The zero-order valence-corrected chi connectivity index (χ0v) is 16.4. The predicted molar refractivity (Wildman–Crippen MR) is 102 cm³/mol. The number of nitrogens with zero attached hydrogens (tertiary/aromatic N) is 1. The van der Waals surface area contributed by atoms with Gasteiger partial charge in [-0.3, -0.25) is 9.59 Å². The molecule has 134 valence electrons. The lowest BCUT2D eigenvalue weighted by Crippen LogP contribution is -2.46. The van der Waals surface area contributed by atoms with Crippen molar-refractivity contribution in [3.8, 4) is 0 Å². The number of aromatic nitrogens is 1. The molecule has 0 spiro atoms. The molecular formula is C17H19Cl2N3O2S. The number of benzene rings is 1. The van der Waals surface area contributed by atoms with Crippen LogP contribution in [0.4, 0.5) is 5.13 Å². The van der Waals surface area contributed by atoms with Gasteiger partial charge >= 0.3 is 0 Å². The standard InChI is InChI=1S/C17H19Cl2N3O2S/c1-9(2)15(21-10(3)23)16(24)22-17-20-8-12(25-17)6-11-4-5-13(18)14(19)7-11/h4-5,7-9,15H,6H2,1-3H3,(H,21,23)(H,20,22,24)/t15-/m1/s1. The second-order valence-corrected chi connectivity index (χ2v) is 7.90. The Bertz CT molecular complexity index is 777. The van der Waals surface area contributed by atoms with E-state index in [0.29, 0.717) is 21.6 Å². The van der Waals surface area contributed by atoms with Crippen molar-refractivity contribution in [2.24, 2.45) is 5.92 Å². The number of nitrogens with one attached hydrogen (secondary N) is 2. The first-order valence-corrected chi connectivity index (χ1v) is 9.30. The predicted octanol–water partition coefficient (Wildman–Crippen LogP) is 4.14. The quantitative estimate of drug-likeness (QED) is 0.766. The van der Waals surface area contributed by atoms with Crippen LogP contribution in [0.1, 0.15) is 31.2 Å². The summed E-state index contributed by atoms with van der Waals surface area (Å²) in [6, 6.07) is 4.87. The number of hydrogen-bond donors (Lipinski definition) is 2. The highest BCUT2D eigenvalue weighted by molar-refractivity contribution is 7.15. The van der Waals surface area contributed by atoms with Gasteiger partial charge in [0.15, 0.2) is 5.13 Å². The van der Waals surface area contributed by atoms with Gasteiger partial charge in [-0.15, -0.1) is 11.3 Å². The Labute approximate surface area is 160 Å². The van der Waals surface area contributed by atoms with E-state index >= 15 is 0 Å². The third-order valence-corrected chi connectivity index (χ3v) is 5.11. The molecule has 2 aromatic rings. The van der Waals surface area contributed by atoms with Crippen LogP contribution in [0.5, 0.6) is 0 Å². The van der Waals surface area contributed by atoms with Crippen LogP contribution in [0.3, 0.4) is 0 Å². The van der Waals surface area contributed by atoms with Gasteiger partial charge in [-0.05, 0) is 23.6 Å². The maximum absolute atomic E-state index is 12.3. The molecule has 0 aliphatic carbocycles. The van der Waals surface area contributed by atoms with Gasteiger partial charge in [0.05, 0.1) is 10.0 Å². The largest absolute Gasteiger partial charge is 0.344 e. The molecule has 0 aliphatic rings. The minimum absolute atomic E-state index is 0.0282. The number of carbonyl (C=O) groups is 2. The van der Waals surface area contributed by atoms with Crippen LogP contribution in [0.15, 0.2) is 24.4 Å². The van der Waals surface area contributed by atoms with E-state index in [1.54, 1.807) is 12.3 Å². The first-order chi connectivity index (χ1) is 11.8. The Morgan fingerprint density at radius 3 is 2.56 bits per heavy atom. The number of amides is 2. The summed E-state index contributed by atoms with van der Waals surface area (Å²) in [6.07, 6.45) is 2.36. The first kappa shape index (κ1) is 19.7. The van der Waals surface area contributed by atoms with Gasteiger partial charge in [0.25, 0.3) is 0 Å². The van der Waals surface area contributed by atoms with Gasteiger partial charge in [0.1, 0.15) is 6.04 Å². The van der Waals surface area contributed by atoms with Crippen molar-refractivity contribution in [2.45, 2.75) is 33.2 Å². The van der Waals surface area contributed by atoms with Crippen molar-refractivity contribution in [1.29, 1.82) is 0 Å². The summed E-state index contributed by atoms with van der Waals surface area (Å²) >= 11 is 13.3. The Morgan fingerprint density at radius 2 is 1.96 bits per heavy atom. The number of hydrogen-bond acceptors (Lipinski definition) is 4. The molecule has 1 atom stereocenters. The third-order valence-electron chi connectivity index (χ3n) is 3.45. The van der Waals surface area contributed by atoms with Crippen LogP contribution in [0.25, 0.3) is 0 Å². The molecule has 0 bridgehead atoms. The SMILES string of the molecule is CC(=O)N[C@@H](C(=O)Nc1ncc(Cc2ccc(Cl)c(Cl)c2)s1)C(C)C. The second-order valence-electron chi connectivity index (χ2n) is 5.97. The molecule has 2 amide bonds. The fourth-order valence-corrected chi connectivity index (χ4v) is 3.41. The monoisotopic (exact) mass is 399 g/mol. The summed E-state index contributed by atoms with van der Waals surface area (Å²) < 4.78 is 0. The van der Waals surface area contributed by atoms with E-state index in [9.17, 15) is 9.59 Å². The average Bonchev–Trinajstić information content (AvgIpc) is 2.95. The average molecular weight is 400 g/mol. The summed E-state index contributed by atoms with van der Waals surface area (Å²) in [6.45, 7) is 5.14. The van der Waals surface area contributed by atoms with Crippen LogP contribution in [0, 0.1) is 5.92 Å². The number of halogens is 2. The lowest BCUT2D eigenvalue weighted by Gasteiger charge is -2.20. The van der Waals surface area contributed by atoms with Crippen molar-refractivity contribution in [3.63, 3.8) is 0 Å². The number of anilines is 1. The first-order valence-electron chi connectivity index (χ1n) is 7.73. The molecule has 0 unspecified atom stereocenters. The maximum Gasteiger partial charge on any atom is 0.248 e. The Morgan fingerprint density at radius 1 is 1.24 bits per heavy atom. The van der Waals surface area contributed by atoms with Crippen LogP contribution in [0.2, 0.25) is 10.0 Å². The topological polar surface area (TPSA) is 71.1 Å². The summed E-state index contributed by atoms with van der Waals surface area (Å²) in [5.41, 5.74) is 1.01. The summed E-state index contributed by atoms with van der Waals surface area (Å²) in [7, 11) is 0. The number of carbonyl (C=O) groups excluding carboxylic acids is 2. The molecule has 0 radical (unpaired) electrons. The molecule has 5 nitrogen and oxygen atoms in total. The molecule has 0 saturated heterocycles. The summed E-state index contributed by atoms with van der Waals surface area (Å²) in [5, 5.41) is 6.94. The molecule has 1 aromatic carbocycles. The fourth-order valence-electron chi connectivity index (χ4n) is 2.23. The molecule has 0 saturated carbocycles. The highest BCUT2D eigenvalue weighted by Gasteiger charge is 2.23. The van der Waals surface area contributed by atoms with E-state index in [2.05, 4.69) is 15.6 Å². The number of rotatable bonds is 6. The Kier molecular flexibility index (Phi) is 6.81. The van der Waals surface area contributed by atoms with Crippen LogP contribution in [-0.2, 0) is 16.0 Å². The molecule has 1 aromatic heterocycles. The normalized spacial score (nSPS) is 12.1. The highest BCUT2D eigenvalue weighted by atomic mass is 35.5. The Balaban J connectivity index is 2.03. The Hall–Kier alpha value is -1.63. The van der Waals surface area contributed by atoms with Gasteiger partial charge in [-0.25, -0.2) is 4.98 Å². The minimum atomic E-state index is -0.597. The van der Waals surface area contributed by atoms with Crippen LogP contribution in [-0.4, -0.2) is 22.8 Å². The van der Waals surface area contributed by atoms with Crippen molar-refractivity contribution < 1.29 is 9.59 Å². The van der Waals surface area contributed by atoms with E-state index in [0.717, 1.165) is 10.4 Å². The van der Waals surface area contributed by atoms with Gasteiger partial charge < -0.3 is 10.6 Å². The van der Waals surface area contributed by atoms with Gasteiger partial charge in [-0.2, -0.15) is 0 Å². The molecule has 8 heteroatoms. The second kappa shape index (κ2) is 8.65. The molecule has 2 N–H and O–H groups in total. The van der Waals surface area contributed by atoms with Crippen molar-refractivity contribution >= 4 is 51.5 Å². The molecule has 0 aliphatic heterocycles. The molecular weight excluding hydrogens is 381 g/mol. The smallest absolute Gasteiger partial charge is 0.248 e. The molecule has 25 heavy (non-hydrogen) atoms. The van der Waals surface area contributed by atoms with Crippen molar-refractivity contribution in [1.82, 2.24) is 10.3 Å². The van der Waals surface area contributed by atoms with Crippen molar-refractivity contribution in [2.75, 3.05) is 5.32 Å². The summed E-state index contributed by atoms with van der Waals surface area (Å²) in [5.74, 6) is -0.548. The fraction of sp³-hybridized carbons (Fsp3) is 0.353. The molecule has 2 rings (SSSR count). The minimum Gasteiger partial charge on any atom is -0.344 e. The van der Waals surface area contributed by atoms with Gasteiger partial charge in [-0.1, -0.05) is 43.1 Å². The van der Waals surface area contributed by atoms with E-state index in [1.165, 1.54) is 18.3 Å². The van der Waals surface area contributed by atoms with E-state index < -0.39 is 6.04 Å². The highest BCUT2D eigenvalue weighted by Crippen LogP contribution is 2.26. The molecule has 0 fully saturated rings. The van der Waals surface area contributed by atoms with E-state index in [4.69, 9.17) is 23.2 Å². The van der Waals surface area contributed by atoms with Crippen molar-refractivity contribution in [3.05, 3.63) is 44.9 Å². The maximum atomic E-state index is 12.3. The van der Waals surface area contributed by atoms with Gasteiger partial charge in [0.2, 0.25) is 11.8 Å². The lowest BCUT2D eigenvalue weighted by molar-refractivity contribution is -0.126. The third kappa shape index (κ3) is 5.70. The lowest BCUT2D eigenvalue weighted by atomic mass is 10.0. The van der Waals surface area contributed by atoms with Crippen LogP contribution >= 0.6 is 34.5 Å². The zero-order valence-electron chi connectivity index (χ0n) is 14.1.